The number of nitrogens with zero attached hydrogens (tertiary/aromatic N) is 1. The highest BCUT2D eigenvalue weighted by molar-refractivity contribution is 14.0. The van der Waals surface area contributed by atoms with Gasteiger partial charge >= 0.3 is 0 Å². The number of aliphatic imine (C=N–C) groups is 1. The van der Waals surface area contributed by atoms with Crippen LogP contribution in [0, 0.1) is 0 Å². The Kier molecular flexibility index (Phi) is 12.7. The average molecular weight is 554 g/mol. The molecule has 0 saturated heterocycles. The van der Waals surface area contributed by atoms with E-state index in [-0.39, 0.29) is 36.0 Å². The third-order valence-corrected chi connectivity index (χ3v) is 4.42. The fraction of sp³-hybridized carbons (Fsp3) is 0.417. The van der Waals surface area contributed by atoms with Crippen molar-refractivity contribution in [3.8, 4) is 5.75 Å². The molecule has 0 saturated carbocycles. The average Bonchev–Trinajstić information content (AvgIpc) is 2.76. The van der Waals surface area contributed by atoms with Crippen molar-refractivity contribution in [3.63, 3.8) is 0 Å². The lowest BCUT2D eigenvalue weighted by Gasteiger charge is -2.16. The van der Waals surface area contributed by atoms with Crippen molar-refractivity contribution in [2.75, 3.05) is 19.6 Å². The predicted octanol–water partition coefficient (Wildman–Crippen LogP) is 3.63. The van der Waals surface area contributed by atoms with Crippen LogP contribution >= 0.6 is 24.0 Å². The Bertz CT molecular complexity index is 839. The summed E-state index contributed by atoms with van der Waals surface area (Å²) < 4.78 is 5.64. The zero-order chi connectivity index (χ0) is 22.6. The first kappa shape index (κ1) is 27.7. The molecule has 176 valence electrons. The van der Waals surface area contributed by atoms with Gasteiger partial charge in [-0.3, -0.25) is 4.79 Å². The first-order valence-corrected chi connectivity index (χ1v) is 10.8. The highest BCUT2D eigenvalue weighted by atomic mass is 127. The Balaban J connectivity index is 0.00000512. The number of aliphatic hydroxyl groups excluding tert-OH is 1. The number of nitrogens with one attached hydrogen (secondary N) is 3. The summed E-state index contributed by atoms with van der Waals surface area (Å²) in [7, 11) is 0. The van der Waals surface area contributed by atoms with E-state index in [9.17, 15) is 9.90 Å². The van der Waals surface area contributed by atoms with Crippen LogP contribution in [0.3, 0.4) is 0 Å². The molecule has 0 radical (unpaired) electrons. The lowest BCUT2D eigenvalue weighted by molar-refractivity contribution is 0.0956. The van der Waals surface area contributed by atoms with E-state index in [4.69, 9.17) is 4.74 Å². The van der Waals surface area contributed by atoms with Gasteiger partial charge in [-0.1, -0.05) is 24.3 Å². The number of benzene rings is 2. The molecule has 8 heteroatoms. The van der Waals surface area contributed by atoms with Gasteiger partial charge in [0.1, 0.15) is 5.75 Å². The van der Waals surface area contributed by atoms with Gasteiger partial charge in [-0.05, 0) is 63.1 Å². The van der Waals surface area contributed by atoms with Crippen LogP contribution in [0.15, 0.2) is 53.5 Å². The second-order valence-corrected chi connectivity index (χ2v) is 7.38. The predicted molar refractivity (Wildman–Crippen MR) is 140 cm³/mol. The van der Waals surface area contributed by atoms with Gasteiger partial charge in [0.15, 0.2) is 5.96 Å². The number of carbonyl (C=O) groups excluding carboxylic acids is 1. The van der Waals surface area contributed by atoms with E-state index in [1.165, 1.54) is 0 Å². The summed E-state index contributed by atoms with van der Waals surface area (Å²) in [6, 6.07) is 14.8. The number of aliphatic hydroxyl groups is 1. The van der Waals surface area contributed by atoms with Crippen molar-refractivity contribution in [2.24, 2.45) is 4.99 Å². The van der Waals surface area contributed by atoms with Crippen LogP contribution in [0.4, 0.5) is 0 Å². The molecule has 2 rings (SSSR count). The molecule has 2 aromatic carbocycles. The van der Waals surface area contributed by atoms with E-state index >= 15 is 0 Å². The van der Waals surface area contributed by atoms with E-state index < -0.39 is 6.10 Å². The summed E-state index contributed by atoms with van der Waals surface area (Å²) >= 11 is 0. The Hall–Kier alpha value is -2.33. The van der Waals surface area contributed by atoms with Crippen molar-refractivity contribution < 1.29 is 14.6 Å². The smallest absolute Gasteiger partial charge is 0.251 e. The molecule has 0 aliphatic carbocycles. The van der Waals surface area contributed by atoms with E-state index in [2.05, 4.69) is 20.9 Å². The molecule has 1 amide bonds. The van der Waals surface area contributed by atoms with Gasteiger partial charge in [-0.25, -0.2) is 4.99 Å². The number of rotatable bonds is 10. The van der Waals surface area contributed by atoms with Gasteiger partial charge in [-0.15, -0.1) is 24.0 Å². The van der Waals surface area contributed by atoms with Crippen LogP contribution in [0.5, 0.6) is 5.75 Å². The Morgan fingerprint density at radius 3 is 2.16 bits per heavy atom. The van der Waals surface area contributed by atoms with Gasteiger partial charge in [0, 0.05) is 25.2 Å². The molecule has 0 aliphatic rings. The molecular formula is C24H35IN4O3. The quantitative estimate of drug-likeness (QED) is 0.205. The highest BCUT2D eigenvalue weighted by Gasteiger charge is 2.09. The number of halogens is 1. The van der Waals surface area contributed by atoms with Crippen LogP contribution in [-0.4, -0.2) is 42.7 Å². The standard InChI is InChI=1S/C24H34N4O3.HI/c1-5-25-23(30)20-9-7-18(8-10-20)15-27-24(26-6-2)28-16-22(29)19-11-13-21(14-12-19)31-17(3)4;/h7-14,17,22,29H,5-6,15-16H2,1-4H3,(H,25,30)(H2,26,27,28);1H. The Morgan fingerprint density at radius 1 is 0.969 bits per heavy atom. The van der Waals surface area contributed by atoms with E-state index in [1.54, 1.807) is 12.1 Å². The number of hydrogen-bond acceptors (Lipinski definition) is 4. The van der Waals surface area contributed by atoms with Crippen LogP contribution in [0.1, 0.15) is 55.3 Å². The largest absolute Gasteiger partial charge is 0.491 e. The fourth-order valence-corrected chi connectivity index (χ4v) is 2.89. The third-order valence-electron chi connectivity index (χ3n) is 4.42. The van der Waals surface area contributed by atoms with Gasteiger partial charge in [0.05, 0.1) is 18.8 Å². The lowest BCUT2D eigenvalue weighted by Crippen LogP contribution is -2.39. The van der Waals surface area contributed by atoms with Crippen LogP contribution < -0.4 is 20.7 Å². The molecule has 4 N–H and O–H groups in total. The monoisotopic (exact) mass is 554 g/mol. The Labute approximate surface area is 208 Å². The molecule has 0 heterocycles. The number of carbonyl (C=O) groups is 1. The van der Waals surface area contributed by atoms with Crippen LogP contribution in [0.25, 0.3) is 0 Å². The third kappa shape index (κ3) is 9.44. The van der Waals surface area contributed by atoms with Crippen LogP contribution in [0.2, 0.25) is 0 Å². The first-order valence-electron chi connectivity index (χ1n) is 10.8. The lowest BCUT2D eigenvalue weighted by atomic mass is 10.1. The molecule has 32 heavy (non-hydrogen) atoms. The topological polar surface area (TPSA) is 95.0 Å². The molecular weight excluding hydrogens is 519 g/mol. The van der Waals surface area contributed by atoms with Gasteiger partial charge in [0.25, 0.3) is 5.91 Å². The summed E-state index contributed by atoms with van der Waals surface area (Å²) in [6.07, 6.45) is -0.561. The molecule has 1 atom stereocenters. The fourth-order valence-electron chi connectivity index (χ4n) is 2.89. The van der Waals surface area contributed by atoms with E-state index in [0.717, 1.165) is 16.9 Å². The van der Waals surface area contributed by atoms with E-state index in [1.807, 2.05) is 64.1 Å². The maximum Gasteiger partial charge on any atom is 0.251 e. The number of ether oxygens (including phenoxy) is 1. The molecule has 2 aromatic rings. The summed E-state index contributed by atoms with van der Waals surface area (Å²) in [5.74, 6) is 1.33. The number of hydrogen-bond donors (Lipinski definition) is 4. The normalized spacial score (nSPS) is 12.0. The summed E-state index contributed by atoms with van der Waals surface area (Å²) in [5, 5.41) is 19.6. The van der Waals surface area contributed by atoms with Gasteiger partial charge in [0.2, 0.25) is 0 Å². The second kappa shape index (κ2) is 14.7. The van der Waals surface area contributed by atoms with Crippen molar-refractivity contribution in [3.05, 3.63) is 65.2 Å². The minimum absolute atomic E-state index is 0. The van der Waals surface area contributed by atoms with Crippen molar-refractivity contribution in [2.45, 2.75) is 46.4 Å². The highest BCUT2D eigenvalue weighted by Crippen LogP contribution is 2.18. The summed E-state index contributed by atoms with van der Waals surface area (Å²) in [4.78, 5) is 16.4. The van der Waals surface area contributed by atoms with Crippen molar-refractivity contribution in [1.29, 1.82) is 0 Å². The zero-order valence-corrected chi connectivity index (χ0v) is 21.6. The van der Waals surface area contributed by atoms with E-state index in [0.29, 0.717) is 37.7 Å². The molecule has 0 bridgehead atoms. The van der Waals surface area contributed by atoms with Crippen LogP contribution in [-0.2, 0) is 6.54 Å². The van der Waals surface area contributed by atoms with Crippen molar-refractivity contribution in [1.82, 2.24) is 16.0 Å². The molecule has 1 unspecified atom stereocenters. The maximum absolute atomic E-state index is 11.8. The molecule has 0 aliphatic heterocycles. The number of guanidine groups is 1. The molecule has 0 aromatic heterocycles. The summed E-state index contributed by atoms with van der Waals surface area (Å²) in [5.41, 5.74) is 2.43. The first-order chi connectivity index (χ1) is 14.9. The minimum atomic E-state index is -0.673. The molecule has 7 nitrogen and oxygen atoms in total. The second-order valence-electron chi connectivity index (χ2n) is 7.38. The zero-order valence-electron chi connectivity index (χ0n) is 19.2. The van der Waals surface area contributed by atoms with Gasteiger partial charge < -0.3 is 25.8 Å². The molecule has 0 spiro atoms. The van der Waals surface area contributed by atoms with Crippen molar-refractivity contribution >= 4 is 35.8 Å². The SMILES string of the molecule is CCNC(=O)c1ccc(CN=C(NCC)NCC(O)c2ccc(OC(C)C)cc2)cc1.I. The van der Waals surface area contributed by atoms with Gasteiger partial charge in [-0.2, -0.15) is 0 Å². The maximum atomic E-state index is 11.8. The Morgan fingerprint density at radius 2 is 1.59 bits per heavy atom. The number of amides is 1. The molecule has 0 fully saturated rings. The summed E-state index contributed by atoms with van der Waals surface area (Å²) in [6.45, 7) is 9.93. The minimum Gasteiger partial charge on any atom is -0.491 e.